The zero-order valence-corrected chi connectivity index (χ0v) is 15.3. The highest BCUT2D eigenvalue weighted by molar-refractivity contribution is 7.89. The number of ether oxygens (including phenoxy) is 1. The van der Waals surface area contributed by atoms with Gasteiger partial charge in [0.25, 0.3) is 0 Å². The molecule has 0 aromatic heterocycles. The van der Waals surface area contributed by atoms with Crippen LogP contribution in [0.3, 0.4) is 0 Å². The number of nitrogens with one attached hydrogen (secondary N) is 1. The molecule has 0 radical (unpaired) electrons. The van der Waals surface area contributed by atoms with E-state index in [0.29, 0.717) is 12.8 Å². The van der Waals surface area contributed by atoms with Gasteiger partial charge in [-0.15, -0.1) is 0 Å². The molecule has 1 aliphatic heterocycles. The first-order valence-corrected chi connectivity index (χ1v) is 10.7. The standard InChI is InChI=1S/C13H19N3O7S2/c1-23-13-6-5-11(8-12(13)16(17)18)25(21,22)15-7-3-4-10(9-15)14-24(2,19)20/h5-6,8,10,14H,3-4,7,9H2,1-2H3. The van der Waals surface area contributed by atoms with E-state index in [1.54, 1.807) is 0 Å². The molecule has 1 aromatic rings. The first-order chi connectivity index (χ1) is 11.5. The highest BCUT2D eigenvalue weighted by Gasteiger charge is 2.32. The summed E-state index contributed by atoms with van der Waals surface area (Å²) in [5.41, 5.74) is -0.452. The highest BCUT2D eigenvalue weighted by atomic mass is 32.2. The van der Waals surface area contributed by atoms with Crippen molar-refractivity contribution in [3.05, 3.63) is 28.3 Å². The molecule has 1 aromatic carbocycles. The van der Waals surface area contributed by atoms with Gasteiger partial charge in [0, 0.05) is 25.2 Å². The molecule has 0 amide bonds. The van der Waals surface area contributed by atoms with E-state index < -0.39 is 36.7 Å². The fraction of sp³-hybridized carbons (Fsp3) is 0.538. The van der Waals surface area contributed by atoms with E-state index in [2.05, 4.69) is 4.72 Å². The number of hydrogen-bond donors (Lipinski definition) is 1. The van der Waals surface area contributed by atoms with Gasteiger partial charge in [0.2, 0.25) is 20.0 Å². The zero-order chi connectivity index (χ0) is 18.8. The first kappa shape index (κ1) is 19.6. The average Bonchev–Trinajstić information content (AvgIpc) is 2.52. The lowest BCUT2D eigenvalue weighted by atomic mass is 10.1. The van der Waals surface area contributed by atoms with Crippen LogP contribution in [-0.2, 0) is 20.0 Å². The van der Waals surface area contributed by atoms with Crippen LogP contribution in [-0.4, -0.2) is 58.6 Å². The largest absolute Gasteiger partial charge is 0.490 e. The summed E-state index contributed by atoms with van der Waals surface area (Å²) in [4.78, 5) is 10.1. The predicted molar refractivity (Wildman–Crippen MR) is 89.4 cm³/mol. The minimum atomic E-state index is -3.99. The molecule has 1 atom stereocenters. The van der Waals surface area contributed by atoms with E-state index in [1.807, 2.05) is 0 Å². The number of piperidine rings is 1. The van der Waals surface area contributed by atoms with Gasteiger partial charge >= 0.3 is 5.69 Å². The van der Waals surface area contributed by atoms with E-state index in [1.165, 1.54) is 19.2 Å². The van der Waals surface area contributed by atoms with Crippen molar-refractivity contribution in [1.82, 2.24) is 9.03 Å². The lowest BCUT2D eigenvalue weighted by Crippen LogP contribution is -2.49. The van der Waals surface area contributed by atoms with E-state index in [4.69, 9.17) is 4.74 Å². The van der Waals surface area contributed by atoms with Crippen molar-refractivity contribution in [1.29, 1.82) is 0 Å². The van der Waals surface area contributed by atoms with Crippen LogP contribution in [0.15, 0.2) is 23.1 Å². The van der Waals surface area contributed by atoms with Crippen molar-refractivity contribution in [2.45, 2.75) is 23.8 Å². The van der Waals surface area contributed by atoms with E-state index >= 15 is 0 Å². The molecule has 0 spiro atoms. The molecule has 0 saturated carbocycles. The fourth-order valence-electron chi connectivity index (χ4n) is 2.68. The number of methoxy groups -OCH3 is 1. The van der Waals surface area contributed by atoms with Crippen LogP contribution in [0.2, 0.25) is 0 Å². The molecular weight excluding hydrogens is 374 g/mol. The number of nitrogens with zero attached hydrogens (tertiary/aromatic N) is 2. The Hall–Kier alpha value is -1.76. The van der Waals surface area contributed by atoms with Gasteiger partial charge in [0.1, 0.15) is 0 Å². The molecule has 0 aliphatic carbocycles. The van der Waals surface area contributed by atoms with Crippen LogP contribution < -0.4 is 9.46 Å². The molecule has 2 rings (SSSR count). The van der Waals surface area contributed by atoms with Crippen LogP contribution in [0.25, 0.3) is 0 Å². The minimum absolute atomic E-state index is 0.0325. The third-order valence-corrected chi connectivity index (χ3v) is 6.37. The molecule has 1 saturated heterocycles. The molecule has 1 fully saturated rings. The molecule has 1 N–H and O–H groups in total. The molecule has 0 bridgehead atoms. The van der Waals surface area contributed by atoms with Crippen LogP contribution in [0, 0.1) is 10.1 Å². The maximum absolute atomic E-state index is 12.8. The van der Waals surface area contributed by atoms with Crippen LogP contribution >= 0.6 is 0 Å². The maximum atomic E-state index is 12.8. The molecule has 10 nitrogen and oxygen atoms in total. The average molecular weight is 393 g/mol. The first-order valence-electron chi connectivity index (χ1n) is 7.34. The Morgan fingerprint density at radius 2 is 2.00 bits per heavy atom. The normalized spacial score (nSPS) is 19.5. The Bertz CT molecular complexity index is 868. The second kappa shape index (κ2) is 7.23. The summed E-state index contributed by atoms with van der Waals surface area (Å²) in [6, 6.07) is 2.87. The van der Waals surface area contributed by atoms with Gasteiger partial charge in [-0.2, -0.15) is 4.31 Å². The van der Waals surface area contributed by atoms with Gasteiger partial charge in [0.05, 0.1) is 23.2 Å². The van der Waals surface area contributed by atoms with Crippen molar-refractivity contribution in [2.75, 3.05) is 26.5 Å². The van der Waals surface area contributed by atoms with Gasteiger partial charge in [-0.05, 0) is 25.0 Å². The summed E-state index contributed by atoms with van der Waals surface area (Å²) >= 11 is 0. The summed E-state index contributed by atoms with van der Waals surface area (Å²) in [6.07, 6.45) is 2.00. The molecular formula is C13H19N3O7S2. The Labute approximate surface area is 146 Å². The van der Waals surface area contributed by atoms with Crippen molar-refractivity contribution in [3.63, 3.8) is 0 Å². The molecule has 1 aliphatic rings. The molecule has 25 heavy (non-hydrogen) atoms. The summed E-state index contributed by atoms with van der Waals surface area (Å²) in [6.45, 7) is 0.180. The minimum Gasteiger partial charge on any atom is -0.490 e. The van der Waals surface area contributed by atoms with Gasteiger partial charge in [0.15, 0.2) is 5.75 Å². The summed E-state index contributed by atoms with van der Waals surface area (Å²) < 4.78 is 56.6. The Morgan fingerprint density at radius 1 is 1.32 bits per heavy atom. The lowest BCUT2D eigenvalue weighted by Gasteiger charge is -2.31. The van der Waals surface area contributed by atoms with Crippen molar-refractivity contribution in [2.24, 2.45) is 0 Å². The van der Waals surface area contributed by atoms with Crippen LogP contribution in [0.1, 0.15) is 12.8 Å². The number of nitro benzene ring substituents is 1. The third-order valence-electron chi connectivity index (χ3n) is 3.75. The topological polar surface area (TPSA) is 136 Å². The van der Waals surface area contributed by atoms with E-state index in [9.17, 15) is 26.9 Å². The maximum Gasteiger partial charge on any atom is 0.312 e. The fourth-order valence-corrected chi connectivity index (χ4v) is 5.02. The molecule has 12 heteroatoms. The van der Waals surface area contributed by atoms with Crippen molar-refractivity contribution < 1.29 is 26.5 Å². The predicted octanol–water partition coefficient (Wildman–Crippen LogP) is 0.306. The van der Waals surface area contributed by atoms with Gasteiger partial charge in [-0.3, -0.25) is 10.1 Å². The highest BCUT2D eigenvalue weighted by Crippen LogP contribution is 2.31. The lowest BCUT2D eigenvalue weighted by molar-refractivity contribution is -0.386. The monoisotopic (exact) mass is 393 g/mol. The number of hydrogen-bond acceptors (Lipinski definition) is 7. The van der Waals surface area contributed by atoms with Crippen LogP contribution in [0.4, 0.5) is 5.69 Å². The van der Waals surface area contributed by atoms with Gasteiger partial charge in [-0.1, -0.05) is 0 Å². The summed E-state index contributed by atoms with van der Waals surface area (Å²) in [5.74, 6) is -0.0424. The van der Waals surface area contributed by atoms with Crippen molar-refractivity contribution in [3.8, 4) is 5.75 Å². The molecule has 1 unspecified atom stereocenters. The summed E-state index contributed by atoms with van der Waals surface area (Å²) in [7, 11) is -6.20. The van der Waals surface area contributed by atoms with Gasteiger partial charge < -0.3 is 4.74 Å². The summed E-state index contributed by atoms with van der Waals surface area (Å²) in [5, 5.41) is 11.1. The Morgan fingerprint density at radius 3 is 2.56 bits per heavy atom. The number of nitro groups is 1. The number of benzene rings is 1. The Kier molecular flexibility index (Phi) is 5.66. The number of rotatable bonds is 6. The van der Waals surface area contributed by atoms with E-state index in [0.717, 1.165) is 16.6 Å². The second-order valence-electron chi connectivity index (χ2n) is 5.68. The second-order valence-corrected chi connectivity index (χ2v) is 9.40. The van der Waals surface area contributed by atoms with E-state index in [-0.39, 0.29) is 23.7 Å². The quantitative estimate of drug-likeness (QED) is 0.542. The molecule has 1 heterocycles. The smallest absolute Gasteiger partial charge is 0.312 e. The van der Waals surface area contributed by atoms with Crippen LogP contribution in [0.5, 0.6) is 5.75 Å². The molecule has 140 valence electrons. The Balaban J connectivity index is 2.32. The SMILES string of the molecule is COc1ccc(S(=O)(=O)N2CCCC(NS(C)(=O)=O)C2)cc1[N+](=O)[O-]. The van der Waals surface area contributed by atoms with Crippen molar-refractivity contribution >= 4 is 25.7 Å². The number of sulfonamides is 2. The third kappa shape index (κ3) is 4.66. The van der Waals surface area contributed by atoms with Gasteiger partial charge in [-0.25, -0.2) is 21.6 Å². The zero-order valence-electron chi connectivity index (χ0n) is 13.7.